The van der Waals surface area contributed by atoms with E-state index in [4.69, 9.17) is 0 Å². The minimum atomic E-state index is -1.32. The number of nitriles is 1. The number of hydrogen-bond donors (Lipinski definition) is 1. The van der Waals surface area contributed by atoms with Gasteiger partial charge in [-0.25, -0.2) is 4.39 Å². The first-order valence-electron chi connectivity index (χ1n) is 7.26. The van der Waals surface area contributed by atoms with Crippen LogP contribution in [0.4, 0.5) is 4.39 Å². The summed E-state index contributed by atoms with van der Waals surface area (Å²) in [5.74, 6) is -0.291. The molecule has 3 nitrogen and oxygen atoms in total. The van der Waals surface area contributed by atoms with E-state index < -0.39 is 27.1 Å². The van der Waals surface area contributed by atoms with Crippen molar-refractivity contribution in [2.75, 3.05) is 0 Å². The van der Waals surface area contributed by atoms with Gasteiger partial charge >= 0.3 is 0 Å². The van der Waals surface area contributed by atoms with Gasteiger partial charge in [-0.05, 0) is 65.8 Å². The van der Waals surface area contributed by atoms with Gasteiger partial charge in [0, 0.05) is 11.4 Å². The van der Waals surface area contributed by atoms with Gasteiger partial charge in [0.15, 0.2) is 0 Å². The Morgan fingerprint density at radius 1 is 1.27 bits per heavy atom. The van der Waals surface area contributed by atoms with Crippen LogP contribution >= 0.6 is 11.3 Å². The van der Waals surface area contributed by atoms with Crippen LogP contribution in [0.1, 0.15) is 59.3 Å². The fourth-order valence-corrected chi connectivity index (χ4v) is 3.78. The summed E-state index contributed by atoms with van der Waals surface area (Å²) in [6.45, 7) is 11.2. The van der Waals surface area contributed by atoms with Crippen molar-refractivity contribution in [1.82, 2.24) is 4.72 Å². The van der Waals surface area contributed by atoms with Crippen LogP contribution in [-0.4, -0.2) is 9.30 Å². The Morgan fingerprint density at radius 2 is 1.86 bits per heavy atom. The Bertz CT molecular complexity index is 545. The van der Waals surface area contributed by atoms with Crippen LogP contribution < -0.4 is 4.72 Å². The Labute approximate surface area is 140 Å². The zero-order valence-electron chi connectivity index (χ0n) is 14.1. The van der Waals surface area contributed by atoms with Crippen LogP contribution in [-0.2, 0) is 16.9 Å². The zero-order chi connectivity index (χ0) is 17.2. The second kappa shape index (κ2) is 6.88. The van der Waals surface area contributed by atoms with Crippen molar-refractivity contribution in [3.8, 4) is 6.07 Å². The number of halogens is 1. The summed E-state index contributed by atoms with van der Waals surface area (Å²) in [4.78, 5) is 0.541. The molecule has 1 aromatic rings. The summed E-state index contributed by atoms with van der Waals surface area (Å²) in [5.41, 5.74) is -1.26. The summed E-state index contributed by atoms with van der Waals surface area (Å²) < 4.78 is 29.3. The molecule has 2 atom stereocenters. The van der Waals surface area contributed by atoms with E-state index in [9.17, 15) is 14.2 Å². The van der Waals surface area contributed by atoms with Crippen LogP contribution in [0.15, 0.2) is 11.4 Å². The van der Waals surface area contributed by atoms with Crippen LogP contribution in [0.5, 0.6) is 0 Å². The molecule has 0 saturated carbocycles. The van der Waals surface area contributed by atoms with Gasteiger partial charge in [0.1, 0.15) is 10.6 Å². The first-order valence-corrected chi connectivity index (χ1v) is 9.29. The maximum Gasteiger partial charge on any atom is 0.139 e. The fraction of sp³-hybridized carbons (Fsp3) is 0.688. The molecule has 0 radical (unpaired) electrons. The number of thiophene rings is 1. The van der Waals surface area contributed by atoms with Gasteiger partial charge < -0.3 is 4.55 Å². The molecule has 0 amide bonds. The smallest absolute Gasteiger partial charge is 0.139 e. The van der Waals surface area contributed by atoms with Gasteiger partial charge in [0.25, 0.3) is 0 Å². The number of nitrogens with zero attached hydrogens (tertiary/aromatic N) is 1. The topological polar surface area (TPSA) is 58.9 Å². The van der Waals surface area contributed by atoms with Crippen LogP contribution in [0.25, 0.3) is 0 Å². The SMILES string of the molecule is CC(C)(C#N)CC[C@](C)(N[S+]([O-])C(C)(C)C)c1sccc1F. The van der Waals surface area contributed by atoms with E-state index in [-0.39, 0.29) is 5.82 Å². The molecule has 1 rings (SSSR count). The standard InChI is InChI=1S/C16H25FN2OS2/c1-14(2,3)22(20)19-16(6,9-8-15(4,5)11-18)13-12(17)7-10-21-13/h7,10,19H,8-9H2,1-6H3/t16-,22?/m0/s1. The molecule has 1 N–H and O–H groups in total. The molecule has 1 heterocycles. The fourth-order valence-electron chi connectivity index (χ4n) is 1.87. The molecule has 22 heavy (non-hydrogen) atoms. The second-order valence-electron chi connectivity index (χ2n) is 7.41. The molecule has 0 saturated heterocycles. The second-order valence-corrected chi connectivity index (χ2v) is 10.3. The molecule has 0 aliphatic rings. The van der Waals surface area contributed by atoms with Gasteiger partial charge in [-0.15, -0.1) is 16.1 Å². The van der Waals surface area contributed by atoms with Crippen LogP contribution in [0.2, 0.25) is 0 Å². The van der Waals surface area contributed by atoms with E-state index in [0.29, 0.717) is 17.7 Å². The van der Waals surface area contributed by atoms with E-state index in [1.165, 1.54) is 17.4 Å². The molecular formula is C16H25FN2OS2. The molecule has 6 heteroatoms. The normalized spacial score (nSPS) is 16.9. The van der Waals surface area contributed by atoms with E-state index in [0.717, 1.165) is 0 Å². The lowest BCUT2D eigenvalue weighted by molar-refractivity contribution is 0.318. The van der Waals surface area contributed by atoms with Gasteiger partial charge in [-0.1, -0.05) is 0 Å². The third-order valence-electron chi connectivity index (χ3n) is 3.55. The highest BCUT2D eigenvalue weighted by Gasteiger charge is 2.40. The number of nitrogens with one attached hydrogen (secondary N) is 1. The van der Waals surface area contributed by atoms with Crippen LogP contribution in [0, 0.1) is 22.6 Å². The van der Waals surface area contributed by atoms with Crippen molar-refractivity contribution in [2.24, 2.45) is 5.41 Å². The van der Waals surface area contributed by atoms with Gasteiger partial charge in [0.05, 0.1) is 21.9 Å². The summed E-state index contributed by atoms with van der Waals surface area (Å²) in [6.07, 6.45) is 1.12. The number of rotatable bonds is 6. The predicted octanol–water partition coefficient (Wildman–Crippen LogP) is 4.48. The molecule has 0 fully saturated rings. The van der Waals surface area contributed by atoms with E-state index >= 15 is 0 Å². The maximum absolute atomic E-state index is 14.1. The van der Waals surface area contributed by atoms with E-state index in [2.05, 4.69) is 10.8 Å². The lowest BCUT2D eigenvalue weighted by atomic mass is 9.83. The minimum Gasteiger partial charge on any atom is -0.598 e. The van der Waals surface area contributed by atoms with Crippen molar-refractivity contribution in [1.29, 1.82) is 5.26 Å². The summed E-state index contributed by atoms with van der Waals surface area (Å²) in [7, 11) is 0. The Morgan fingerprint density at radius 3 is 2.27 bits per heavy atom. The van der Waals surface area contributed by atoms with Crippen LogP contribution in [0.3, 0.4) is 0 Å². The largest absolute Gasteiger partial charge is 0.598 e. The minimum absolute atomic E-state index is 0.291. The van der Waals surface area contributed by atoms with Gasteiger partial charge in [-0.3, -0.25) is 0 Å². The summed E-state index contributed by atoms with van der Waals surface area (Å²) in [5, 5.41) is 10.9. The molecule has 0 aliphatic heterocycles. The lowest BCUT2D eigenvalue weighted by Gasteiger charge is -2.35. The molecular weight excluding hydrogens is 319 g/mol. The average Bonchev–Trinajstić information content (AvgIpc) is 2.82. The van der Waals surface area contributed by atoms with Crippen molar-refractivity contribution in [3.63, 3.8) is 0 Å². The van der Waals surface area contributed by atoms with Gasteiger partial charge in [-0.2, -0.15) is 5.26 Å². The lowest BCUT2D eigenvalue weighted by Crippen LogP contribution is -2.50. The van der Waals surface area contributed by atoms with Gasteiger partial charge in [0.2, 0.25) is 0 Å². The highest BCUT2D eigenvalue weighted by molar-refractivity contribution is 7.90. The molecule has 1 aromatic heterocycles. The highest BCUT2D eigenvalue weighted by Crippen LogP contribution is 2.37. The third kappa shape index (κ3) is 4.95. The molecule has 0 aromatic carbocycles. The monoisotopic (exact) mass is 344 g/mol. The molecule has 0 bridgehead atoms. The van der Waals surface area contributed by atoms with Crippen molar-refractivity contribution in [2.45, 2.75) is 64.7 Å². The van der Waals surface area contributed by atoms with Crippen molar-refractivity contribution in [3.05, 3.63) is 22.1 Å². The summed E-state index contributed by atoms with van der Waals surface area (Å²) >= 11 is -0.0103. The Hall–Kier alpha value is -0.610. The molecule has 124 valence electrons. The average molecular weight is 345 g/mol. The zero-order valence-corrected chi connectivity index (χ0v) is 15.8. The molecule has 0 aliphatic carbocycles. The quantitative estimate of drug-likeness (QED) is 0.774. The Balaban J connectivity index is 3.06. The summed E-state index contributed by atoms with van der Waals surface area (Å²) in [6, 6.07) is 3.69. The predicted molar refractivity (Wildman–Crippen MR) is 91.3 cm³/mol. The van der Waals surface area contributed by atoms with Crippen molar-refractivity contribution >= 4 is 22.7 Å². The highest BCUT2D eigenvalue weighted by atomic mass is 32.2. The first-order chi connectivity index (χ1) is 9.91. The van der Waals surface area contributed by atoms with E-state index in [1.54, 1.807) is 5.38 Å². The maximum atomic E-state index is 14.1. The molecule has 1 unspecified atom stereocenters. The first kappa shape index (κ1) is 19.4. The third-order valence-corrected chi connectivity index (χ3v) is 6.45. The van der Waals surface area contributed by atoms with E-state index in [1.807, 2.05) is 41.5 Å². The Kier molecular flexibility index (Phi) is 6.07. The molecule has 0 spiro atoms. The number of hydrogen-bond acceptors (Lipinski definition) is 4. The van der Waals surface area contributed by atoms with Crippen molar-refractivity contribution < 1.29 is 8.94 Å².